The van der Waals surface area contributed by atoms with Crippen molar-refractivity contribution in [2.45, 2.75) is 33.7 Å². The number of rotatable bonds is 7. The normalized spacial score (nSPS) is 12.1. The molecule has 0 spiro atoms. The van der Waals surface area contributed by atoms with Crippen LogP contribution in [0, 0.1) is 8.99 Å². The first-order valence-electron chi connectivity index (χ1n) is 6.64. The average Bonchev–Trinajstić information content (AvgIpc) is 2.32. The molecule has 102 valence electrons. The van der Waals surface area contributed by atoms with Gasteiger partial charge in [0.15, 0.2) is 0 Å². The number of hydrogen-bond donors (Lipinski definition) is 1. The molecular weight excluding hydrogens is 335 g/mol. The Morgan fingerprint density at radius 3 is 2.33 bits per heavy atom. The van der Waals surface area contributed by atoms with Gasteiger partial charge < -0.3 is 5.73 Å². The van der Waals surface area contributed by atoms with E-state index in [0.29, 0.717) is 0 Å². The van der Waals surface area contributed by atoms with Gasteiger partial charge in [0.25, 0.3) is 0 Å². The van der Waals surface area contributed by atoms with Crippen molar-refractivity contribution in [1.29, 1.82) is 0 Å². The van der Waals surface area contributed by atoms with Crippen LogP contribution in [0.1, 0.15) is 32.8 Å². The van der Waals surface area contributed by atoms with E-state index in [4.69, 9.17) is 5.73 Å². The zero-order valence-corrected chi connectivity index (χ0v) is 13.9. The highest BCUT2D eigenvalue weighted by molar-refractivity contribution is 14.1. The summed E-state index contributed by atoms with van der Waals surface area (Å²) in [5.41, 5.74) is 7.41. The summed E-state index contributed by atoms with van der Waals surface area (Å²) in [5.74, 6) is 0. The zero-order chi connectivity index (χ0) is 13.6. The fourth-order valence-corrected chi connectivity index (χ4v) is 2.41. The van der Waals surface area contributed by atoms with Gasteiger partial charge in [0.2, 0.25) is 0 Å². The maximum Gasteiger partial charge on any atom is 0.0233 e. The highest BCUT2D eigenvalue weighted by Gasteiger charge is 2.19. The van der Waals surface area contributed by atoms with Gasteiger partial charge in [-0.05, 0) is 65.2 Å². The van der Waals surface area contributed by atoms with Gasteiger partial charge in [-0.1, -0.05) is 32.9 Å². The van der Waals surface area contributed by atoms with Gasteiger partial charge in [0.1, 0.15) is 0 Å². The quantitative estimate of drug-likeness (QED) is 0.755. The molecule has 0 amide bonds. The number of benzene rings is 1. The molecule has 18 heavy (non-hydrogen) atoms. The maximum absolute atomic E-state index is 5.84. The van der Waals surface area contributed by atoms with Crippen molar-refractivity contribution in [3.63, 3.8) is 0 Å². The monoisotopic (exact) mass is 360 g/mol. The van der Waals surface area contributed by atoms with Crippen LogP contribution in [-0.2, 0) is 6.54 Å². The minimum atomic E-state index is 0.193. The molecule has 0 aliphatic heterocycles. The third-order valence-corrected chi connectivity index (χ3v) is 3.78. The second-order valence-electron chi connectivity index (χ2n) is 5.71. The molecule has 0 atom stereocenters. The predicted octanol–water partition coefficient (Wildman–Crippen LogP) is 3.49. The minimum Gasteiger partial charge on any atom is -0.330 e. The molecule has 0 bridgehead atoms. The molecular formula is C15H25IN2. The van der Waals surface area contributed by atoms with Crippen molar-refractivity contribution < 1.29 is 0 Å². The van der Waals surface area contributed by atoms with Gasteiger partial charge in [-0.25, -0.2) is 0 Å². The van der Waals surface area contributed by atoms with Crippen LogP contribution in [0.15, 0.2) is 24.3 Å². The van der Waals surface area contributed by atoms with E-state index < -0.39 is 0 Å². The number of nitrogens with zero attached hydrogens (tertiary/aromatic N) is 1. The number of hydrogen-bond acceptors (Lipinski definition) is 2. The maximum atomic E-state index is 5.84. The fraction of sp³-hybridized carbons (Fsp3) is 0.600. The third kappa shape index (κ3) is 5.67. The van der Waals surface area contributed by atoms with E-state index in [1.54, 1.807) is 0 Å². The number of halogens is 1. The predicted molar refractivity (Wildman–Crippen MR) is 87.6 cm³/mol. The molecule has 0 radical (unpaired) electrons. The Morgan fingerprint density at radius 2 is 1.83 bits per heavy atom. The Kier molecular flexibility index (Phi) is 6.60. The van der Waals surface area contributed by atoms with Crippen LogP contribution in [0.4, 0.5) is 0 Å². The first-order valence-corrected chi connectivity index (χ1v) is 7.71. The van der Waals surface area contributed by atoms with E-state index in [0.717, 1.165) is 26.2 Å². The molecule has 3 heteroatoms. The molecule has 1 rings (SSSR count). The summed E-state index contributed by atoms with van der Waals surface area (Å²) < 4.78 is 1.29. The van der Waals surface area contributed by atoms with Gasteiger partial charge in [-0.2, -0.15) is 0 Å². The molecule has 2 N–H and O–H groups in total. The first kappa shape index (κ1) is 15.9. The SMILES string of the molecule is CCCN(Cc1ccc(I)cc1)CC(C)(C)CN. The molecule has 0 heterocycles. The molecule has 0 unspecified atom stereocenters. The molecule has 0 saturated heterocycles. The molecule has 2 nitrogen and oxygen atoms in total. The van der Waals surface area contributed by atoms with Crippen LogP contribution in [0.5, 0.6) is 0 Å². The summed E-state index contributed by atoms with van der Waals surface area (Å²) in [5, 5.41) is 0. The summed E-state index contributed by atoms with van der Waals surface area (Å²) in [6, 6.07) is 8.79. The molecule has 0 saturated carbocycles. The lowest BCUT2D eigenvalue weighted by molar-refractivity contribution is 0.176. The zero-order valence-electron chi connectivity index (χ0n) is 11.7. The molecule has 0 aliphatic rings. The fourth-order valence-electron chi connectivity index (χ4n) is 2.05. The molecule has 0 aromatic heterocycles. The van der Waals surface area contributed by atoms with E-state index in [-0.39, 0.29) is 5.41 Å². The first-order chi connectivity index (χ1) is 8.46. The van der Waals surface area contributed by atoms with Crippen molar-refractivity contribution in [2.24, 2.45) is 11.1 Å². The van der Waals surface area contributed by atoms with Gasteiger partial charge in [-0.3, -0.25) is 4.90 Å². The van der Waals surface area contributed by atoms with Crippen LogP contribution in [0.3, 0.4) is 0 Å². The van der Waals surface area contributed by atoms with E-state index in [1.807, 2.05) is 0 Å². The Hall–Kier alpha value is -0.130. The summed E-state index contributed by atoms with van der Waals surface area (Å²) in [6.07, 6.45) is 1.19. The lowest BCUT2D eigenvalue weighted by Gasteiger charge is -2.31. The van der Waals surface area contributed by atoms with Crippen molar-refractivity contribution >= 4 is 22.6 Å². The summed E-state index contributed by atoms with van der Waals surface area (Å²) in [6.45, 7) is 10.7. The Balaban J connectivity index is 2.65. The van der Waals surface area contributed by atoms with Crippen molar-refractivity contribution in [1.82, 2.24) is 4.90 Å². The van der Waals surface area contributed by atoms with Crippen molar-refractivity contribution in [3.05, 3.63) is 33.4 Å². The van der Waals surface area contributed by atoms with Crippen molar-refractivity contribution in [2.75, 3.05) is 19.6 Å². The van der Waals surface area contributed by atoms with E-state index in [1.165, 1.54) is 15.6 Å². The lowest BCUT2D eigenvalue weighted by atomic mass is 9.93. The lowest BCUT2D eigenvalue weighted by Crippen LogP contribution is -2.38. The smallest absolute Gasteiger partial charge is 0.0233 e. The molecule has 1 aromatic rings. The largest absolute Gasteiger partial charge is 0.330 e. The second kappa shape index (κ2) is 7.46. The minimum absolute atomic E-state index is 0.193. The topological polar surface area (TPSA) is 29.3 Å². The standard InChI is InChI=1S/C15H25IN2/c1-4-9-18(12-15(2,3)11-17)10-13-5-7-14(16)8-6-13/h5-8H,4,9-12,17H2,1-3H3. The van der Waals surface area contributed by atoms with Crippen LogP contribution in [0.2, 0.25) is 0 Å². The average molecular weight is 360 g/mol. The van der Waals surface area contributed by atoms with Gasteiger partial charge in [0, 0.05) is 16.7 Å². The molecule has 1 aromatic carbocycles. The Bertz CT molecular complexity index is 346. The van der Waals surface area contributed by atoms with E-state index >= 15 is 0 Å². The van der Waals surface area contributed by atoms with Crippen LogP contribution in [0.25, 0.3) is 0 Å². The van der Waals surface area contributed by atoms with Crippen LogP contribution >= 0.6 is 22.6 Å². The van der Waals surface area contributed by atoms with E-state index in [9.17, 15) is 0 Å². The molecule has 0 aliphatic carbocycles. The van der Waals surface area contributed by atoms with Gasteiger partial charge in [-0.15, -0.1) is 0 Å². The summed E-state index contributed by atoms with van der Waals surface area (Å²) in [7, 11) is 0. The van der Waals surface area contributed by atoms with Crippen molar-refractivity contribution in [3.8, 4) is 0 Å². The summed E-state index contributed by atoms with van der Waals surface area (Å²) in [4.78, 5) is 2.51. The van der Waals surface area contributed by atoms with Crippen LogP contribution < -0.4 is 5.73 Å². The van der Waals surface area contributed by atoms with Gasteiger partial charge in [0.05, 0.1) is 0 Å². The molecule has 0 fully saturated rings. The second-order valence-corrected chi connectivity index (χ2v) is 6.95. The highest BCUT2D eigenvalue weighted by Crippen LogP contribution is 2.17. The Labute approximate surface area is 125 Å². The van der Waals surface area contributed by atoms with Crippen LogP contribution in [-0.4, -0.2) is 24.5 Å². The Morgan fingerprint density at radius 1 is 1.22 bits per heavy atom. The third-order valence-electron chi connectivity index (χ3n) is 3.06. The van der Waals surface area contributed by atoms with E-state index in [2.05, 4.69) is 72.5 Å². The number of nitrogens with two attached hydrogens (primary N) is 1. The van der Waals surface area contributed by atoms with Gasteiger partial charge >= 0.3 is 0 Å². The highest BCUT2D eigenvalue weighted by atomic mass is 127. The summed E-state index contributed by atoms with van der Waals surface area (Å²) >= 11 is 2.34.